The van der Waals surface area contributed by atoms with E-state index in [0.717, 1.165) is 33.1 Å². The third-order valence-corrected chi connectivity index (χ3v) is 4.37. The molecule has 4 rings (SSSR count). The minimum Gasteiger partial charge on any atom is -0.463 e. The van der Waals surface area contributed by atoms with Crippen LogP contribution in [0.1, 0.15) is 5.56 Å². The third kappa shape index (κ3) is 2.43. The van der Waals surface area contributed by atoms with E-state index in [2.05, 4.69) is 40.3 Å². The summed E-state index contributed by atoms with van der Waals surface area (Å²) < 4.78 is 8.52. The first-order chi connectivity index (χ1) is 11.2. The highest BCUT2D eigenvalue weighted by molar-refractivity contribution is 9.10. The second-order valence-electron chi connectivity index (χ2n) is 5.28. The van der Waals surface area contributed by atoms with Gasteiger partial charge in [-0.15, -0.1) is 0 Å². The molecule has 0 saturated carbocycles. The lowest BCUT2D eigenvalue weighted by Crippen LogP contribution is -1.98. The summed E-state index contributed by atoms with van der Waals surface area (Å²) in [5.41, 5.74) is 3.84. The Bertz CT molecular complexity index is 973. The molecule has 0 aliphatic carbocycles. The van der Waals surface area contributed by atoms with Crippen LogP contribution in [0.15, 0.2) is 69.9 Å². The smallest absolute Gasteiger partial charge is 0.156 e. The molecular weight excluding hydrogens is 354 g/mol. The van der Waals surface area contributed by atoms with Crippen LogP contribution in [0.5, 0.6) is 0 Å². The largest absolute Gasteiger partial charge is 0.463 e. The van der Waals surface area contributed by atoms with E-state index in [9.17, 15) is 0 Å². The van der Waals surface area contributed by atoms with Crippen LogP contribution in [-0.4, -0.2) is 9.38 Å². The van der Waals surface area contributed by atoms with Crippen molar-refractivity contribution in [3.8, 4) is 11.5 Å². The van der Waals surface area contributed by atoms with Crippen LogP contribution in [0.3, 0.4) is 0 Å². The maximum atomic E-state index is 5.57. The molecule has 3 aromatic heterocycles. The van der Waals surface area contributed by atoms with E-state index in [4.69, 9.17) is 9.40 Å². The van der Waals surface area contributed by atoms with Crippen molar-refractivity contribution < 1.29 is 4.42 Å². The molecule has 0 aliphatic rings. The molecule has 0 aliphatic heterocycles. The van der Waals surface area contributed by atoms with Gasteiger partial charge >= 0.3 is 0 Å². The van der Waals surface area contributed by atoms with E-state index in [0.29, 0.717) is 0 Å². The summed E-state index contributed by atoms with van der Waals surface area (Å²) in [5.74, 6) is 1.61. The molecule has 0 spiro atoms. The Labute approximate surface area is 141 Å². The third-order valence-electron chi connectivity index (χ3n) is 3.76. The van der Waals surface area contributed by atoms with Gasteiger partial charge in [0.1, 0.15) is 11.5 Å². The number of pyridine rings is 1. The van der Waals surface area contributed by atoms with Crippen LogP contribution in [0.4, 0.5) is 11.5 Å². The predicted molar refractivity (Wildman–Crippen MR) is 95.1 cm³/mol. The fourth-order valence-electron chi connectivity index (χ4n) is 2.58. The van der Waals surface area contributed by atoms with Gasteiger partial charge in [0.15, 0.2) is 11.4 Å². The zero-order valence-electron chi connectivity index (χ0n) is 12.5. The molecule has 1 aromatic carbocycles. The lowest BCUT2D eigenvalue weighted by molar-refractivity contribution is 0.581. The van der Waals surface area contributed by atoms with Crippen molar-refractivity contribution >= 4 is 33.1 Å². The Morgan fingerprint density at radius 2 is 1.96 bits per heavy atom. The second kappa shape index (κ2) is 5.59. The minimum absolute atomic E-state index is 0.733. The summed E-state index contributed by atoms with van der Waals surface area (Å²) in [4.78, 5) is 4.74. The highest BCUT2D eigenvalue weighted by Gasteiger charge is 2.18. The monoisotopic (exact) mass is 367 g/mol. The van der Waals surface area contributed by atoms with Crippen molar-refractivity contribution in [1.29, 1.82) is 0 Å². The number of anilines is 2. The van der Waals surface area contributed by atoms with Gasteiger partial charge in [0.05, 0.1) is 10.7 Å². The summed E-state index contributed by atoms with van der Waals surface area (Å²) in [6.45, 7) is 2.08. The van der Waals surface area contributed by atoms with Gasteiger partial charge in [-0.3, -0.25) is 4.40 Å². The van der Waals surface area contributed by atoms with Crippen molar-refractivity contribution in [2.75, 3.05) is 5.32 Å². The minimum atomic E-state index is 0.733. The van der Waals surface area contributed by atoms with Crippen molar-refractivity contribution in [3.63, 3.8) is 0 Å². The zero-order valence-corrected chi connectivity index (χ0v) is 14.0. The summed E-state index contributed by atoms with van der Waals surface area (Å²) in [7, 11) is 0. The molecule has 3 heterocycles. The molecule has 4 aromatic rings. The number of benzene rings is 1. The van der Waals surface area contributed by atoms with E-state index < -0.39 is 0 Å². The number of para-hydroxylation sites is 1. The number of nitrogens with zero attached hydrogens (tertiary/aromatic N) is 2. The first kappa shape index (κ1) is 14.1. The fourth-order valence-corrected chi connectivity index (χ4v) is 3.01. The lowest BCUT2D eigenvalue weighted by atomic mass is 10.2. The first-order valence-electron chi connectivity index (χ1n) is 7.27. The van der Waals surface area contributed by atoms with Crippen LogP contribution in [0, 0.1) is 6.92 Å². The number of rotatable bonds is 3. The van der Waals surface area contributed by atoms with Gasteiger partial charge in [0.2, 0.25) is 0 Å². The highest BCUT2D eigenvalue weighted by Crippen LogP contribution is 2.34. The fraction of sp³-hybridized carbons (Fsp3) is 0.0556. The van der Waals surface area contributed by atoms with E-state index in [1.54, 1.807) is 6.26 Å². The molecule has 0 amide bonds. The number of aryl methyl sites for hydroxylation is 1. The van der Waals surface area contributed by atoms with Gasteiger partial charge in [-0.25, -0.2) is 4.98 Å². The van der Waals surface area contributed by atoms with Gasteiger partial charge in [0, 0.05) is 11.9 Å². The maximum Gasteiger partial charge on any atom is 0.156 e. The first-order valence-corrected chi connectivity index (χ1v) is 8.06. The van der Waals surface area contributed by atoms with Gasteiger partial charge in [-0.05, 0) is 58.7 Å². The molecule has 0 unspecified atom stereocenters. The van der Waals surface area contributed by atoms with Crippen LogP contribution in [0.2, 0.25) is 0 Å². The molecular formula is C18H14BrN3O. The average Bonchev–Trinajstić information content (AvgIpc) is 3.18. The van der Waals surface area contributed by atoms with Crippen molar-refractivity contribution in [2.45, 2.75) is 6.92 Å². The van der Waals surface area contributed by atoms with Crippen LogP contribution >= 0.6 is 15.9 Å². The number of nitrogens with one attached hydrogen (secondary N) is 1. The molecule has 0 radical (unpaired) electrons. The predicted octanol–water partition coefficient (Wildman–Crippen LogP) is 5.41. The van der Waals surface area contributed by atoms with Gasteiger partial charge in [-0.2, -0.15) is 0 Å². The SMILES string of the molecule is Cc1ccccc1Nc1c(-c2ccco2)nc2c(Br)cccn12. The van der Waals surface area contributed by atoms with Crippen LogP contribution < -0.4 is 5.32 Å². The van der Waals surface area contributed by atoms with Gasteiger partial charge in [-0.1, -0.05) is 18.2 Å². The normalized spacial score (nSPS) is 11.0. The Morgan fingerprint density at radius 3 is 2.74 bits per heavy atom. The number of imidazole rings is 1. The van der Waals surface area contributed by atoms with Gasteiger partial charge in [0.25, 0.3) is 0 Å². The number of aromatic nitrogens is 2. The van der Waals surface area contributed by atoms with Crippen molar-refractivity contribution in [3.05, 3.63) is 71.0 Å². The Hall–Kier alpha value is -2.53. The Kier molecular flexibility index (Phi) is 3.42. The van der Waals surface area contributed by atoms with E-state index in [-0.39, 0.29) is 0 Å². The van der Waals surface area contributed by atoms with Crippen molar-refractivity contribution in [2.24, 2.45) is 0 Å². The molecule has 1 N–H and O–H groups in total. The molecule has 0 bridgehead atoms. The Balaban J connectivity index is 1.95. The summed E-state index contributed by atoms with van der Waals surface area (Å²) in [6, 6.07) is 15.9. The molecule has 0 atom stereocenters. The van der Waals surface area contributed by atoms with Crippen LogP contribution in [0.25, 0.3) is 17.1 Å². The maximum absolute atomic E-state index is 5.57. The quantitative estimate of drug-likeness (QED) is 0.526. The van der Waals surface area contributed by atoms with E-state index in [1.165, 1.54) is 5.56 Å². The molecule has 23 heavy (non-hydrogen) atoms. The lowest BCUT2D eigenvalue weighted by Gasteiger charge is -2.10. The number of hydrogen-bond acceptors (Lipinski definition) is 3. The molecule has 0 saturated heterocycles. The number of fused-ring (bicyclic) bond motifs is 1. The standard InChI is InChI=1S/C18H14BrN3O/c1-12-6-2-3-8-14(12)20-18-16(15-9-5-11-23-15)21-17-13(19)7-4-10-22(17)18/h2-11,20H,1H3. The number of furan rings is 1. The van der Waals surface area contributed by atoms with E-state index in [1.807, 2.05) is 47.0 Å². The average molecular weight is 368 g/mol. The molecule has 0 fully saturated rings. The molecule has 114 valence electrons. The summed E-state index contributed by atoms with van der Waals surface area (Å²) in [5, 5.41) is 3.50. The topological polar surface area (TPSA) is 42.5 Å². The summed E-state index contributed by atoms with van der Waals surface area (Å²) in [6.07, 6.45) is 3.64. The molecule has 4 nitrogen and oxygen atoms in total. The highest BCUT2D eigenvalue weighted by atomic mass is 79.9. The van der Waals surface area contributed by atoms with Gasteiger partial charge < -0.3 is 9.73 Å². The van der Waals surface area contributed by atoms with E-state index >= 15 is 0 Å². The summed E-state index contributed by atoms with van der Waals surface area (Å²) >= 11 is 3.57. The Morgan fingerprint density at radius 1 is 1.09 bits per heavy atom. The number of hydrogen-bond donors (Lipinski definition) is 1. The second-order valence-corrected chi connectivity index (χ2v) is 6.13. The zero-order chi connectivity index (χ0) is 15.8. The molecule has 5 heteroatoms. The van der Waals surface area contributed by atoms with Crippen LogP contribution in [-0.2, 0) is 0 Å². The van der Waals surface area contributed by atoms with Crippen molar-refractivity contribution in [1.82, 2.24) is 9.38 Å². The number of halogens is 1.